The van der Waals surface area contributed by atoms with Crippen LogP contribution in [0.1, 0.15) is 38.8 Å². The van der Waals surface area contributed by atoms with Gasteiger partial charge in [-0.2, -0.15) is 5.10 Å². The van der Waals surface area contributed by atoms with Crippen molar-refractivity contribution in [1.82, 2.24) is 15.1 Å². The SMILES string of the molecule is Cn1cc(C(N)C(=O)NCC(CC(C)(C)C)C(=O)O)cn1. The zero-order valence-electron chi connectivity index (χ0n) is 13.0. The Balaban J connectivity index is 2.59. The summed E-state index contributed by atoms with van der Waals surface area (Å²) in [6, 6.07) is -0.845. The second-order valence-electron chi connectivity index (χ2n) is 6.47. The molecule has 1 amide bonds. The third-order valence-corrected chi connectivity index (χ3v) is 3.10. The molecule has 0 spiro atoms. The molecule has 4 N–H and O–H groups in total. The van der Waals surface area contributed by atoms with Crippen molar-refractivity contribution < 1.29 is 14.7 Å². The van der Waals surface area contributed by atoms with E-state index in [0.29, 0.717) is 12.0 Å². The molecule has 0 saturated heterocycles. The van der Waals surface area contributed by atoms with Gasteiger partial charge in [0.25, 0.3) is 0 Å². The highest BCUT2D eigenvalue weighted by atomic mass is 16.4. The van der Waals surface area contributed by atoms with Gasteiger partial charge in [0.05, 0.1) is 12.1 Å². The van der Waals surface area contributed by atoms with Crippen LogP contribution in [0.3, 0.4) is 0 Å². The predicted molar refractivity (Wildman–Crippen MR) is 78.3 cm³/mol. The highest BCUT2D eigenvalue weighted by molar-refractivity contribution is 5.83. The van der Waals surface area contributed by atoms with Gasteiger partial charge in [-0.1, -0.05) is 20.8 Å². The summed E-state index contributed by atoms with van der Waals surface area (Å²) in [6.07, 6.45) is 3.66. The van der Waals surface area contributed by atoms with Crippen LogP contribution < -0.4 is 11.1 Å². The van der Waals surface area contributed by atoms with Crippen molar-refractivity contribution in [1.29, 1.82) is 0 Å². The molecule has 0 aliphatic carbocycles. The number of carbonyl (C=O) groups is 2. The Morgan fingerprint density at radius 2 is 2.10 bits per heavy atom. The van der Waals surface area contributed by atoms with Gasteiger partial charge in [-0.05, 0) is 11.8 Å². The lowest BCUT2D eigenvalue weighted by atomic mass is 9.84. The van der Waals surface area contributed by atoms with Crippen LogP contribution in [0.5, 0.6) is 0 Å². The lowest BCUT2D eigenvalue weighted by Gasteiger charge is -2.23. The number of carboxylic acid groups (broad SMARTS) is 1. The highest BCUT2D eigenvalue weighted by Crippen LogP contribution is 2.24. The van der Waals surface area contributed by atoms with E-state index in [1.165, 1.54) is 6.20 Å². The summed E-state index contributed by atoms with van der Waals surface area (Å²) >= 11 is 0. The first-order valence-electron chi connectivity index (χ1n) is 6.85. The number of carbonyl (C=O) groups excluding carboxylic acids is 1. The van der Waals surface area contributed by atoms with Crippen LogP contribution in [0, 0.1) is 11.3 Å². The summed E-state index contributed by atoms with van der Waals surface area (Å²) < 4.78 is 1.56. The molecule has 1 aromatic heterocycles. The molecule has 2 unspecified atom stereocenters. The minimum absolute atomic E-state index is 0.0688. The third-order valence-electron chi connectivity index (χ3n) is 3.10. The smallest absolute Gasteiger partial charge is 0.308 e. The Morgan fingerprint density at radius 3 is 2.52 bits per heavy atom. The Morgan fingerprint density at radius 1 is 1.48 bits per heavy atom. The minimum atomic E-state index is -0.917. The van der Waals surface area contributed by atoms with Crippen molar-refractivity contribution in [2.75, 3.05) is 6.54 Å². The molecule has 0 saturated carbocycles. The van der Waals surface area contributed by atoms with Crippen molar-refractivity contribution in [3.05, 3.63) is 18.0 Å². The first-order valence-corrected chi connectivity index (χ1v) is 6.85. The molecule has 2 atom stereocenters. The summed E-state index contributed by atoms with van der Waals surface area (Å²) in [5.74, 6) is -1.95. The van der Waals surface area contributed by atoms with E-state index >= 15 is 0 Å². The number of rotatable bonds is 6. The average Bonchev–Trinajstić information content (AvgIpc) is 2.78. The molecular formula is C14H24N4O3. The standard InChI is InChI=1S/C14H24N4O3/c1-14(2,3)5-9(13(20)21)6-16-12(19)11(15)10-7-17-18(4)8-10/h7-9,11H,5-6,15H2,1-4H3,(H,16,19)(H,20,21). The number of aliphatic carboxylic acids is 1. The van der Waals surface area contributed by atoms with Crippen LogP contribution in [0.2, 0.25) is 0 Å². The molecule has 7 nitrogen and oxygen atoms in total. The van der Waals surface area contributed by atoms with E-state index in [-0.39, 0.29) is 12.0 Å². The molecule has 0 aliphatic rings. The van der Waals surface area contributed by atoms with Crippen molar-refractivity contribution >= 4 is 11.9 Å². The lowest BCUT2D eigenvalue weighted by molar-refractivity contribution is -0.142. The number of nitrogens with one attached hydrogen (secondary N) is 1. The topological polar surface area (TPSA) is 110 Å². The van der Waals surface area contributed by atoms with Gasteiger partial charge in [0.1, 0.15) is 6.04 Å². The van der Waals surface area contributed by atoms with Crippen LogP contribution in [0.15, 0.2) is 12.4 Å². The summed E-state index contributed by atoms with van der Waals surface area (Å²) in [5, 5.41) is 15.8. The molecule has 21 heavy (non-hydrogen) atoms. The number of nitrogens with zero attached hydrogens (tertiary/aromatic N) is 2. The quantitative estimate of drug-likeness (QED) is 0.714. The fraction of sp³-hybridized carbons (Fsp3) is 0.643. The Bertz CT molecular complexity index is 505. The molecule has 7 heteroatoms. The molecule has 118 valence electrons. The number of amides is 1. The number of aromatic nitrogens is 2. The van der Waals surface area contributed by atoms with Crippen LogP contribution in [0.25, 0.3) is 0 Å². The van der Waals surface area contributed by atoms with E-state index < -0.39 is 23.8 Å². The maximum absolute atomic E-state index is 12.0. The van der Waals surface area contributed by atoms with Crippen LogP contribution in [-0.2, 0) is 16.6 Å². The fourth-order valence-corrected chi connectivity index (χ4v) is 2.07. The van der Waals surface area contributed by atoms with Crippen molar-refractivity contribution in [3.8, 4) is 0 Å². The van der Waals surface area contributed by atoms with Gasteiger partial charge in [0.2, 0.25) is 5.91 Å². The van der Waals surface area contributed by atoms with Crippen LogP contribution in [0.4, 0.5) is 0 Å². The zero-order chi connectivity index (χ0) is 16.2. The van der Waals surface area contributed by atoms with Crippen molar-refractivity contribution in [2.45, 2.75) is 33.2 Å². The number of carboxylic acids is 1. The molecule has 0 fully saturated rings. The van der Waals surface area contributed by atoms with Gasteiger partial charge >= 0.3 is 5.97 Å². The molecule has 0 aliphatic heterocycles. The van der Waals surface area contributed by atoms with Gasteiger partial charge in [-0.15, -0.1) is 0 Å². The molecule has 0 bridgehead atoms. The molecular weight excluding hydrogens is 272 g/mol. The number of aryl methyl sites for hydroxylation is 1. The van der Waals surface area contributed by atoms with E-state index in [2.05, 4.69) is 10.4 Å². The fourth-order valence-electron chi connectivity index (χ4n) is 2.07. The summed E-state index contributed by atoms with van der Waals surface area (Å²) in [6.45, 7) is 5.96. The Kier molecular flexibility index (Phi) is 5.48. The number of nitrogens with two attached hydrogens (primary N) is 1. The Labute approximate surface area is 124 Å². The van der Waals surface area contributed by atoms with E-state index in [1.54, 1.807) is 17.9 Å². The summed E-state index contributed by atoms with van der Waals surface area (Å²) in [7, 11) is 1.73. The van der Waals surface area contributed by atoms with E-state index in [1.807, 2.05) is 20.8 Å². The van der Waals surface area contributed by atoms with Gasteiger partial charge in [-0.25, -0.2) is 0 Å². The summed E-state index contributed by atoms with van der Waals surface area (Å²) in [5.41, 5.74) is 6.30. The Hall–Kier alpha value is -1.89. The van der Waals surface area contributed by atoms with Crippen molar-refractivity contribution in [3.63, 3.8) is 0 Å². The van der Waals surface area contributed by atoms with Gasteiger partial charge < -0.3 is 16.2 Å². The van der Waals surface area contributed by atoms with Gasteiger partial charge in [-0.3, -0.25) is 14.3 Å². The monoisotopic (exact) mass is 296 g/mol. The second kappa shape index (κ2) is 6.71. The predicted octanol–water partition coefficient (Wildman–Crippen LogP) is 0.673. The minimum Gasteiger partial charge on any atom is -0.481 e. The molecule has 1 heterocycles. The highest BCUT2D eigenvalue weighted by Gasteiger charge is 2.26. The molecule has 0 radical (unpaired) electrons. The number of hydrogen-bond acceptors (Lipinski definition) is 4. The molecule has 1 rings (SSSR count). The normalized spacial score (nSPS) is 14.5. The third kappa shape index (κ3) is 5.55. The maximum atomic E-state index is 12.0. The molecule has 0 aromatic carbocycles. The van der Waals surface area contributed by atoms with Gasteiger partial charge in [0, 0.05) is 25.4 Å². The second-order valence-corrected chi connectivity index (χ2v) is 6.47. The first-order chi connectivity index (χ1) is 9.60. The van der Waals surface area contributed by atoms with Crippen LogP contribution >= 0.6 is 0 Å². The average molecular weight is 296 g/mol. The largest absolute Gasteiger partial charge is 0.481 e. The van der Waals surface area contributed by atoms with E-state index in [4.69, 9.17) is 5.73 Å². The van der Waals surface area contributed by atoms with Crippen LogP contribution in [-0.4, -0.2) is 33.3 Å². The zero-order valence-corrected chi connectivity index (χ0v) is 13.0. The van der Waals surface area contributed by atoms with E-state index in [9.17, 15) is 14.7 Å². The first kappa shape index (κ1) is 17.2. The maximum Gasteiger partial charge on any atom is 0.308 e. The summed E-state index contributed by atoms with van der Waals surface area (Å²) in [4.78, 5) is 23.2. The lowest BCUT2D eigenvalue weighted by Crippen LogP contribution is -2.39. The van der Waals surface area contributed by atoms with Gasteiger partial charge in [0.15, 0.2) is 0 Å². The molecule has 1 aromatic rings. The van der Waals surface area contributed by atoms with Crippen molar-refractivity contribution in [2.24, 2.45) is 24.1 Å². The van der Waals surface area contributed by atoms with E-state index in [0.717, 1.165) is 0 Å². The number of hydrogen-bond donors (Lipinski definition) is 3.